The molecule has 3 aromatic carbocycles. The number of sulfonamides is 1. The molecule has 0 aliphatic carbocycles. The molecule has 0 heterocycles. The maximum atomic E-state index is 13.6. The van der Waals surface area contributed by atoms with Crippen LogP contribution in [0.5, 0.6) is 11.5 Å². The molecular weight excluding hydrogens is 508 g/mol. The molecule has 0 aromatic heterocycles. The zero-order chi connectivity index (χ0) is 26.3. The number of anilines is 2. The molecule has 0 aliphatic rings. The van der Waals surface area contributed by atoms with E-state index in [1.807, 2.05) is 0 Å². The topological polar surface area (TPSA) is 111 Å². The summed E-state index contributed by atoms with van der Waals surface area (Å²) in [6.45, 7) is 1.35. The van der Waals surface area contributed by atoms with E-state index in [-0.39, 0.29) is 39.2 Å². The smallest absolute Gasteiger partial charge is 0.338 e. The molecule has 1 amide bonds. The van der Waals surface area contributed by atoms with E-state index in [0.717, 1.165) is 4.31 Å². The fraction of sp³-hybridized carbons (Fsp3) is 0.200. The molecule has 0 atom stereocenters. The third kappa shape index (κ3) is 6.07. The van der Waals surface area contributed by atoms with E-state index in [9.17, 15) is 18.0 Å². The van der Waals surface area contributed by atoms with Gasteiger partial charge in [0.05, 0.1) is 47.7 Å². The number of carbonyl (C=O) groups excluding carboxylic acids is 2. The zero-order valence-electron chi connectivity index (χ0n) is 19.9. The quantitative estimate of drug-likeness (QED) is 0.386. The molecule has 9 nitrogen and oxygen atoms in total. The number of esters is 1. The largest absolute Gasteiger partial charge is 0.493 e. The Balaban J connectivity index is 1.91. The molecule has 0 unspecified atom stereocenters. The van der Waals surface area contributed by atoms with Crippen molar-refractivity contribution in [3.8, 4) is 11.5 Å². The zero-order valence-corrected chi connectivity index (χ0v) is 21.4. The molecule has 190 valence electrons. The van der Waals surface area contributed by atoms with Crippen molar-refractivity contribution in [3.05, 3.63) is 77.3 Å². The maximum Gasteiger partial charge on any atom is 0.338 e. The third-order valence-corrected chi connectivity index (χ3v) is 7.11. The number of halogens is 1. The van der Waals surface area contributed by atoms with Crippen LogP contribution in [0.4, 0.5) is 11.4 Å². The number of hydrogen-bond donors (Lipinski definition) is 1. The molecule has 0 radical (unpaired) electrons. The van der Waals surface area contributed by atoms with Crippen molar-refractivity contribution in [2.45, 2.75) is 11.8 Å². The lowest BCUT2D eigenvalue weighted by Crippen LogP contribution is -2.38. The second-order valence-electron chi connectivity index (χ2n) is 7.33. The third-order valence-electron chi connectivity index (χ3n) is 5.03. The van der Waals surface area contributed by atoms with Gasteiger partial charge in [-0.2, -0.15) is 0 Å². The predicted octanol–water partition coefficient (Wildman–Crippen LogP) is 4.37. The first-order valence-corrected chi connectivity index (χ1v) is 12.6. The molecule has 0 fully saturated rings. The monoisotopic (exact) mass is 532 g/mol. The summed E-state index contributed by atoms with van der Waals surface area (Å²) >= 11 is 6.24. The van der Waals surface area contributed by atoms with Crippen LogP contribution < -0.4 is 19.1 Å². The number of nitrogens with one attached hydrogen (secondary N) is 1. The summed E-state index contributed by atoms with van der Waals surface area (Å²) in [5, 5.41) is 2.70. The van der Waals surface area contributed by atoms with Gasteiger partial charge in [-0.15, -0.1) is 0 Å². The highest BCUT2D eigenvalue weighted by atomic mass is 35.5. The molecule has 1 N–H and O–H groups in total. The molecule has 0 aliphatic heterocycles. The van der Waals surface area contributed by atoms with Crippen molar-refractivity contribution in [2.75, 3.05) is 37.0 Å². The predicted molar refractivity (Wildman–Crippen MR) is 137 cm³/mol. The summed E-state index contributed by atoms with van der Waals surface area (Å²) in [7, 11) is -1.35. The van der Waals surface area contributed by atoms with Gasteiger partial charge in [-0.1, -0.05) is 29.8 Å². The second-order valence-corrected chi connectivity index (χ2v) is 9.60. The second kappa shape index (κ2) is 11.8. The summed E-state index contributed by atoms with van der Waals surface area (Å²) in [4.78, 5) is 24.8. The van der Waals surface area contributed by atoms with Gasteiger partial charge in [0.1, 0.15) is 6.54 Å². The highest BCUT2D eigenvalue weighted by Crippen LogP contribution is 2.32. The minimum Gasteiger partial charge on any atom is -0.493 e. The fourth-order valence-corrected chi connectivity index (χ4v) is 4.96. The van der Waals surface area contributed by atoms with E-state index >= 15 is 0 Å². The van der Waals surface area contributed by atoms with Crippen LogP contribution in [-0.4, -0.2) is 47.7 Å². The van der Waals surface area contributed by atoms with Crippen molar-refractivity contribution in [1.29, 1.82) is 0 Å². The van der Waals surface area contributed by atoms with Crippen molar-refractivity contribution in [2.24, 2.45) is 0 Å². The van der Waals surface area contributed by atoms with Crippen LogP contribution in [0.2, 0.25) is 5.02 Å². The van der Waals surface area contributed by atoms with Crippen molar-refractivity contribution in [3.63, 3.8) is 0 Å². The lowest BCUT2D eigenvalue weighted by molar-refractivity contribution is -0.114. The lowest BCUT2D eigenvalue weighted by Gasteiger charge is -2.24. The van der Waals surface area contributed by atoms with Crippen LogP contribution in [0.15, 0.2) is 71.6 Å². The highest BCUT2D eigenvalue weighted by Gasteiger charge is 2.28. The van der Waals surface area contributed by atoms with Gasteiger partial charge in [0.15, 0.2) is 11.5 Å². The number of carbonyl (C=O) groups is 2. The minimum absolute atomic E-state index is 0.0892. The number of methoxy groups -OCH3 is 2. The van der Waals surface area contributed by atoms with E-state index in [2.05, 4.69) is 5.32 Å². The Hall–Kier alpha value is -3.76. The van der Waals surface area contributed by atoms with Gasteiger partial charge in [0.2, 0.25) is 5.91 Å². The minimum atomic E-state index is -4.19. The molecule has 0 bridgehead atoms. The summed E-state index contributed by atoms with van der Waals surface area (Å²) in [5.74, 6) is -0.604. The van der Waals surface area contributed by atoms with Gasteiger partial charge in [-0.3, -0.25) is 9.10 Å². The normalized spacial score (nSPS) is 10.9. The van der Waals surface area contributed by atoms with Crippen molar-refractivity contribution in [1.82, 2.24) is 0 Å². The Labute approximate surface area is 214 Å². The van der Waals surface area contributed by atoms with Crippen LogP contribution in [0.1, 0.15) is 17.3 Å². The summed E-state index contributed by atoms with van der Waals surface area (Å²) < 4.78 is 43.6. The van der Waals surface area contributed by atoms with Gasteiger partial charge >= 0.3 is 5.97 Å². The van der Waals surface area contributed by atoms with Crippen LogP contribution in [-0.2, 0) is 19.6 Å². The average Bonchev–Trinajstić information content (AvgIpc) is 2.88. The summed E-state index contributed by atoms with van der Waals surface area (Å²) in [5.41, 5.74) is 0.722. The van der Waals surface area contributed by atoms with Gasteiger partial charge in [-0.25, -0.2) is 13.2 Å². The number of ether oxygens (including phenoxy) is 3. The molecule has 0 saturated carbocycles. The van der Waals surface area contributed by atoms with Crippen LogP contribution >= 0.6 is 11.6 Å². The number of rotatable bonds is 10. The van der Waals surface area contributed by atoms with E-state index < -0.39 is 28.4 Å². The Morgan fingerprint density at radius 3 is 2.25 bits per heavy atom. The number of amides is 1. The van der Waals surface area contributed by atoms with E-state index in [0.29, 0.717) is 5.75 Å². The first-order valence-electron chi connectivity index (χ1n) is 10.8. The van der Waals surface area contributed by atoms with Gasteiger partial charge < -0.3 is 19.5 Å². The van der Waals surface area contributed by atoms with Crippen molar-refractivity contribution >= 4 is 44.9 Å². The highest BCUT2D eigenvalue weighted by molar-refractivity contribution is 7.92. The molecule has 0 spiro atoms. The number of nitrogens with zero attached hydrogens (tertiary/aromatic N) is 1. The first-order chi connectivity index (χ1) is 17.2. The molecule has 3 rings (SSSR count). The van der Waals surface area contributed by atoms with Gasteiger partial charge in [-0.05, 0) is 49.4 Å². The summed E-state index contributed by atoms with van der Waals surface area (Å²) in [6.07, 6.45) is 0. The van der Waals surface area contributed by atoms with Gasteiger partial charge in [0, 0.05) is 6.07 Å². The Morgan fingerprint density at radius 2 is 1.64 bits per heavy atom. The Kier molecular flexibility index (Phi) is 8.78. The number of para-hydroxylation sites is 1. The van der Waals surface area contributed by atoms with Crippen LogP contribution in [0, 0.1) is 0 Å². The lowest BCUT2D eigenvalue weighted by atomic mass is 10.2. The van der Waals surface area contributed by atoms with E-state index in [4.69, 9.17) is 25.8 Å². The standard InChI is InChI=1S/C25H25ClN2O7S/c1-4-35-25(30)17-10-12-21(20(26)14-17)27-24(29)16-28(18-8-6-5-7-9-18)36(31,32)19-11-13-22(33-2)23(15-19)34-3/h5-15H,4,16H2,1-3H3,(H,27,29). The molecule has 11 heteroatoms. The van der Waals surface area contributed by atoms with Gasteiger partial charge in [0.25, 0.3) is 10.0 Å². The Bertz CT molecular complexity index is 1350. The summed E-state index contributed by atoms with van der Waals surface area (Å²) in [6, 6.07) is 16.6. The van der Waals surface area contributed by atoms with E-state index in [1.54, 1.807) is 37.3 Å². The Morgan fingerprint density at radius 1 is 0.944 bits per heavy atom. The van der Waals surface area contributed by atoms with E-state index in [1.165, 1.54) is 50.6 Å². The fourth-order valence-electron chi connectivity index (χ4n) is 3.29. The molecule has 0 saturated heterocycles. The number of hydrogen-bond acceptors (Lipinski definition) is 7. The number of benzene rings is 3. The molecule has 3 aromatic rings. The van der Waals surface area contributed by atoms with Crippen molar-refractivity contribution < 1.29 is 32.2 Å². The molecular formula is C25H25ClN2O7S. The first kappa shape index (κ1) is 26.8. The van der Waals surface area contributed by atoms with Crippen LogP contribution in [0.25, 0.3) is 0 Å². The average molecular weight is 533 g/mol. The molecule has 36 heavy (non-hydrogen) atoms. The SMILES string of the molecule is CCOC(=O)c1ccc(NC(=O)CN(c2ccccc2)S(=O)(=O)c2ccc(OC)c(OC)c2)c(Cl)c1. The maximum absolute atomic E-state index is 13.6. The van der Waals surface area contributed by atoms with Crippen LogP contribution in [0.3, 0.4) is 0 Å².